The van der Waals surface area contributed by atoms with Crippen LogP contribution in [-0.2, 0) is 0 Å². The van der Waals surface area contributed by atoms with Gasteiger partial charge in [0.1, 0.15) is 11.3 Å². The van der Waals surface area contributed by atoms with Crippen molar-refractivity contribution in [2.24, 2.45) is 0 Å². The largest absolute Gasteiger partial charge is 0.496 e. The summed E-state index contributed by atoms with van der Waals surface area (Å²) in [4.78, 5) is 11.1. The minimum Gasteiger partial charge on any atom is -0.496 e. The summed E-state index contributed by atoms with van der Waals surface area (Å²) >= 11 is 0. The van der Waals surface area contributed by atoms with Gasteiger partial charge in [-0.1, -0.05) is 5.16 Å². The van der Waals surface area contributed by atoms with Crippen LogP contribution < -0.4 is 4.74 Å². The Morgan fingerprint density at radius 3 is 2.67 bits per heavy atom. The van der Waals surface area contributed by atoms with Gasteiger partial charge in [-0.2, -0.15) is 0 Å². The van der Waals surface area contributed by atoms with E-state index in [4.69, 9.17) is 14.4 Å². The molecule has 0 fully saturated rings. The van der Waals surface area contributed by atoms with Crippen molar-refractivity contribution in [2.75, 3.05) is 7.11 Å². The van der Waals surface area contributed by atoms with Crippen LogP contribution in [0.3, 0.4) is 0 Å². The Morgan fingerprint density at radius 2 is 2.06 bits per heavy atom. The van der Waals surface area contributed by atoms with Gasteiger partial charge < -0.3 is 14.4 Å². The molecule has 5 nitrogen and oxygen atoms in total. The number of ether oxygens (including phenoxy) is 1. The van der Waals surface area contributed by atoms with Crippen molar-refractivity contribution >= 4 is 5.97 Å². The summed E-state index contributed by atoms with van der Waals surface area (Å²) in [7, 11) is 1.60. The first kappa shape index (κ1) is 12.2. The average Bonchev–Trinajstić information content (AvgIpc) is 2.80. The third-order valence-electron chi connectivity index (χ3n) is 2.79. The summed E-state index contributed by atoms with van der Waals surface area (Å²) in [5.41, 5.74) is 2.55. The van der Waals surface area contributed by atoms with Crippen LogP contribution in [0.1, 0.15) is 21.5 Å². The molecule has 0 aliphatic heterocycles. The van der Waals surface area contributed by atoms with E-state index in [2.05, 4.69) is 5.16 Å². The smallest absolute Gasteiger partial charge is 0.341 e. The zero-order valence-electron chi connectivity index (χ0n) is 10.4. The van der Waals surface area contributed by atoms with Crippen molar-refractivity contribution in [1.29, 1.82) is 0 Å². The molecule has 1 aromatic heterocycles. The fourth-order valence-corrected chi connectivity index (χ4v) is 1.84. The van der Waals surface area contributed by atoms with Gasteiger partial charge in [-0.3, -0.25) is 0 Å². The minimum absolute atomic E-state index is 0.0580. The van der Waals surface area contributed by atoms with E-state index in [0.29, 0.717) is 5.56 Å². The minimum atomic E-state index is -1.06. The van der Waals surface area contributed by atoms with Gasteiger partial charge in [-0.15, -0.1) is 0 Å². The zero-order chi connectivity index (χ0) is 13.3. The highest BCUT2D eigenvalue weighted by molar-refractivity contribution is 5.94. The van der Waals surface area contributed by atoms with Gasteiger partial charge >= 0.3 is 5.97 Å². The number of benzene rings is 1. The summed E-state index contributed by atoms with van der Waals surface area (Å²) < 4.78 is 10.3. The number of nitrogens with zero attached hydrogens (tertiary/aromatic N) is 1. The van der Waals surface area contributed by atoms with Gasteiger partial charge in [0.25, 0.3) is 0 Å². The van der Waals surface area contributed by atoms with Crippen molar-refractivity contribution < 1.29 is 19.2 Å². The summed E-state index contributed by atoms with van der Waals surface area (Å²) in [6.07, 6.45) is 1.21. The monoisotopic (exact) mass is 247 g/mol. The molecule has 0 aliphatic carbocycles. The summed E-state index contributed by atoms with van der Waals surface area (Å²) in [5.74, 6) is -0.0301. The molecule has 18 heavy (non-hydrogen) atoms. The first-order valence-corrected chi connectivity index (χ1v) is 5.38. The Kier molecular flexibility index (Phi) is 3.06. The Bertz CT molecular complexity index is 601. The van der Waals surface area contributed by atoms with E-state index in [9.17, 15) is 4.79 Å². The number of carbonyl (C=O) groups is 1. The molecule has 0 aliphatic rings. The van der Waals surface area contributed by atoms with Crippen molar-refractivity contribution in [1.82, 2.24) is 5.16 Å². The van der Waals surface area contributed by atoms with Crippen LogP contribution in [0.15, 0.2) is 22.9 Å². The topological polar surface area (TPSA) is 72.6 Å². The maximum Gasteiger partial charge on any atom is 0.341 e. The molecule has 0 amide bonds. The molecule has 2 aromatic rings. The molecule has 94 valence electrons. The van der Waals surface area contributed by atoms with Crippen LogP contribution in [0, 0.1) is 13.8 Å². The van der Waals surface area contributed by atoms with Crippen LogP contribution in [0.4, 0.5) is 0 Å². The molecular formula is C13H13NO4. The predicted molar refractivity (Wildman–Crippen MR) is 64.9 cm³/mol. The molecule has 1 heterocycles. The van der Waals surface area contributed by atoms with Crippen LogP contribution >= 0.6 is 0 Å². The third-order valence-corrected chi connectivity index (χ3v) is 2.79. The highest BCUT2D eigenvalue weighted by Crippen LogP contribution is 2.31. The number of aryl methyl sites for hydroxylation is 2. The van der Waals surface area contributed by atoms with Gasteiger partial charge in [0.2, 0.25) is 0 Å². The Morgan fingerprint density at radius 1 is 1.33 bits per heavy atom. The summed E-state index contributed by atoms with van der Waals surface area (Å²) in [5, 5.41) is 12.6. The van der Waals surface area contributed by atoms with Crippen molar-refractivity contribution in [3.8, 4) is 17.1 Å². The number of hydrogen-bond acceptors (Lipinski definition) is 4. The lowest BCUT2D eigenvalue weighted by Crippen LogP contribution is -1.98. The van der Waals surface area contributed by atoms with Crippen molar-refractivity contribution in [2.45, 2.75) is 13.8 Å². The zero-order valence-corrected chi connectivity index (χ0v) is 10.4. The number of carboxylic acid groups (broad SMARTS) is 1. The molecule has 2 rings (SSSR count). The van der Waals surface area contributed by atoms with E-state index in [0.717, 1.165) is 16.9 Å². The second kappa shape index (κ2) is 4.52. The molecule has 0 spiro atoms. The molecule has 0 saturated carbocycles. The van der Waals surface area contributed by atoms with E-state index in [1.54, 1.807) is 7.11 Å². The van der Waals surface area contributed by atoms with E-state index in [1.807, 2.05) is 26.0 Å². The Balaban J connectivity index is 2.61. The lowest BCUT2D eigenvalue weighted by atomic mass is 10.0. The average molecular weight is 247 g/mol. The first-order valence-electron chi connectivity index (χ1n) is 5.38. The van der Waals surface area contributed by atoms with Crippen molar-refractivity contribution in [3.63, 3.8) is 0 Å². The molecule has 0 saturated heterocycles. The second-order valence-corrected chi connectivity index (χ2v) is 4.01. The Labute approximate surface area is 104 Å². The lowest BCUT2D eigenvalue weighted by Gasteiger charge is -2.09. The molecule has 5 heteroatoms. The molecular weight excluding hydrogens is 234 g/mol. The number of aromatic nitrogens is 1. The molecule has 0 unspecified atom stereocenters. The van der Waals surface area contributed by atoms with Crippen LogP contribution in [0.5, 0.6) is 5.75 Å². The maximum atomic E-state index is 11.1. The predicted octanol–water partition coefficient (Wildman–Crippen LogP) is 2.67. The van der Waals surface area contributed by atoms with Gasteiger partial charge in [0, 0.05) is 5.56 Å². The number of methoxy groups -OCH3 is 1. The Hall–Kier alpha value is -2.30. The fraction of sp³-hybridized carbons (Fsp3) is 0.231. The summed E-state index contributed by atoms with van der Waals surface area (Å²) in [6.45, 7) is 3.75. The molecule has 1 N–H and O–H groups in total. The SMILES string of the molecule is COc1cc(C)c(-c2oncc2C(=O)O)cc1C. The second-order valence-electron chi connectivity index (χ2n) is 4.01. The highest BCUT2D eigenvalue weighted by atomic mass is 16.5. The van der Waals surface area contributed by atoms with Crippen LogP contribution in [-0.4, -0.2) is 23.3 Å². The third kappa shape index (κ3) is 1.95. The highest BCUT2D eigenvalue weighted by Gasteiger charge is 2.19. The van der Waals surface area contributed by atoms with Gasteiger partial charge in [-0.05, 0) is 37.1 Å². The standard InChI is InChI=1S/C13H13NO4/c1-7-5-11(17-3)8(2)4-9(7)12-10(13(15)16)6-14-18-12/h4-6H,1-3H3,(H,15,16). The number of carboxylic acids is 1. The van der Waals surface area contributed by atoms with E-state index in [-0.39, 0.29) is 11.3 Å². The fourth-order valence-electron chi connectivity index (χ4n) is 1.84. The maximum absolute atomic E-state index is 11.1. The molecule has 0 bridgehead atoms. The van der Waals surface area contributed by atoms with Crippen LogP contribution in [0.2, 0.25) is 0 Å². The lowest BCUT2D eigenvalue weighted by molar-refractivity contribution is 0.0697. The number of aromatic carboxylic acids is 1. The van der Waals surface area contributed by atoms with Crippen molar-refractivity contribution in [3.05, 3.63) is 35.0 Å². The van der Waals surface area contributed by atoms with Crippen LogP contribution in [0.25, 0.3) is 11.3 Å². The van der Waals surface area contributed by atoms with Gasteiger partial charge in [-0.25, -0.2) is 4.79 Å². The van der Waals surface area contributed by atoms with Gasteiger partial charge in [0.15, 0.2) is 5.76 Å². The quantitative estimate of drug-likeness (QED) is 0.902. The van der Waals surface area contributed by atoms with Gasteiger partial charge in [0.05, 0.1) is 13.3 Å². The van der Waals surface area contributed by atoms with E-state index in [1.165, 1.54) is 6.20 Å². The van der Waals surface area contributed by atoms with E-state index >= 15 is 0 Å². The normalized spacial score (nSPS) is 10.4. The molecule has 0 atom stereocenters. The molecule has 1 aromatic carbocycles. The number of rotatable bonds is 3. The molecule has 0 radical (unpaired) electrons. The van der Waals surface area contributed by atoms with E-state index < -0.39 is 5.97 Å². The summed E-state index contributed by atoms with van der Waals surface area (Å²) in [6, 6.07) is 3.68. The first-order chi connectivity index (χ1) is 8.54. The number of hydrogen-bond donors (Lipinski definition) is 1.